The largest absolute Gasteiger partial charge is 0.527 e. The third kappa shape index (κ3) is 4.29. The minimum Gasteiger partial charge on any atom is -0.477 e. The van der Waals surface area contributed by atoms with Gasteiger partial charge in [-0.05, 0) is 0 Å². The third-order valence-corrected chi connectivity index (χ3v) is 1.50. The van der Waals surface area contributed by atoms with E-state index in [0.717, 1.165) is 0 Å². The van der Waals surface area contributed by atoms with Gasteiger partial charge in [-0.3, -0.25) is 4.74 Å². The van der Waals surface area contributed by atoms with E-state index >= 15 is 0 Å². The van der Waals surface area contributed by atoms with Crippen LogP contribution in [-0.4, -0.2) is 41.7 Å². The second-order valence-electron chi connectivity index (χ2n) is 3.08. The molecule has 0 saturated heterocycles. The summed E-state index contributed by atoms with van der Waals surface area (Å²) in [6.45, 7) is 0. The van der Waals surface area contributed by atoms with E-state index in [4.69, 9.17) is 5.11 Å². The molecule has 0 heterocycles. The molecule has 0 radical (unpaired) electrons. The van der Waals surface area contributed by atoms with Gasteiger partial charge in [0, 0.05) is 0 Å². The highest BCUT2D eigenvalue weighted by Gasteiger charge is 2.75. The molecular formula is C6HF11O4. The van der Waals surface area contributed by atoms with E-state index < -0.39 is 36.6 Å². The number of carboxylic acids is 1. The number of carbonyl (C=O) groups is 1. The van der Waals surface area contributed by atoms with Crippen LogP contribution in [0.2, 0.25) is 0 Å². The van der Waals surface area contributed by atoms with Gasteiger partial charge in [0.2, 0.25) is 0 Å². The SMILES string of the molecule is O=C(O)C(F)(OC(F)(OC(F)(F)F)C(F)(F)F)C(F)(F)F. The second-order valence-corrected chi connectivity index (χ2v) is 3.08. The first-order valence-corrected chi connectivity index (χ1v) is 4.07. The van der Waals surface area contributed by atoms with Crippen LogP contribution in [-0.2, 0) is 14.3 Å². The summed E-state index contributed by atoms with van der Waals surface area (Å²) in [4.78, 5) is 9.95. The van der Waals surface area contributed by atoms with Crippen molar-refractivity contribution in [2.45, 2.75) is 30.6 Å². The standard InChI is InChI=1S/C6HF11O4/c7-2(1(18)19,3(8,9)10)20-5(14,4(11,12)13)21-6(15,16)17/h(H,18,19). The van der Waals surface area contributed by atoms with Crippen molar-refractivity contribution >= 4 is 5.97 Å². The van der Waals surface area contributed by atoms with Crippen LogP contribution >= 0.6 is 0 Å². The van der Waals surface area contributed by atoms with Crippen molar-refractivity contribution in [3.05, 3.63) is 0 Å². The summed E-state index contributed by atoms with van der Waals surface area (Å²) in [6.07, 6.45) is -20.4. The fourth-order valence-corrected chi connectivity index (χ4v) is 0.689. The number of carboxylic acid groups (broad SMARTS) is 1. The van der Waals surface area contributed by atoms with Gasteiger partial charge in [-0.25, -0.2) is 9.53 Å². The average Bonchev–Trinajstić information content (AvgIpc) is 2.09. The van der Waals surface area contributed by atoms with Crippen LogP contribution in [0.25, 0.3) is 0 Å². The summed E-state index contributed by atoms with van der Waals surface area (Å²) in [5, 5.41) is 7.80. The molecule has 0 aliphatic heterocycles. The molecule has 0 fully saturated rings. The number of hydrogen-bond acceptors (Lipinski definition) is 3. The van der Waals surface area contributed by atoms with Crippen molar-refractivity contribution in [3.8, 4) is 0 Å². The molecule has 0 aromatic rings. The van der Waals surface area contributed by atoms with Gasteiger partial charge in [0.1, 0.15) is 0 Å². The molecule has 2 atom stereocenters. The quantitative estimate of drug-likeness (QED) is 0.628. The van der Waals surface area contributed by atoms with Crippen LogP contribution in [0.5, 0.6) is 0 Å². The van der Waals surface area contributed by atoms with Crippen LogP contribution in [0, 0.1) is 0 Å². The van der Waals surface area contributed by atoms with Crippen molar-refractivity contribution in [1.82, 2.24) is 0 Å². The van der Waals surface area contributed by atoms with Crippen molar-refractivity contribution < 1.29 is 67.7 Å². The predicted octanol–water partition coefficient (Wildman–Crippen LogP) is 3.04. The Kier molecular flexibility index (Phi) is 4.78. The number of alkyl halides is 11. The molecule has 0 spiro atoms. The summed E-state index contributed by atoms with van der Waals surface area (Å²) in [5.41, 5.74) is 0. The van der Waals surface area contributed by atoms with E-state index in [1.54, 1.807) is 4.74 Å². The minimum atomic E-state index is -7.01. The summed E-state index contributed by atoms with van der Waals surface area (Å²) >= 11 is 0. The molecule has 0 rings (SSSR count). The Balaban J connectivity index is 5.85. The lowest BCUT2D eigenvalue weighted by molar-refractivity contribution is -0.547. The van der Waals surface area contributed by atoms with Gasteiger partial charge < -0.3 is 5.11 Å². The average molecular weight is 346 g/mol. The summed E-state index contributed by atoms with van der Waals surface area (Å²) < 4.78 is 136. The van der Waals surface area contributed by atoms with Gasteiger partial charge in [0.05, 0.1) is 0 Å². The maximum Gasteiger partial charge on any atom is 0.527 e. The molecule has 21 heavy (non-hydrogen) atoms. The molecule has 1 N–H and O–H groups in total. The Bertz CT molecular complexity index is 397. The van der Waals surface area contributed by atoms with Gasteiger partial charge in [0.25, 0.3) is 0 Å². The highest BCUT2D eigenvalue weighted by molar-refractivity contribution is 5.76. The molecule has 0 aliphatic rings. The number of ether oxygens (including phenoxy) is 2. The van der Waals surface area contributed by atoms with Crippen molar-refractivity contribution in [3.63, 3.8) is 0 Å². The smallest absolute Gasteiger partial charge is 0.477 e. The van der Waals surface area contributed by atoms with Crippen LogP contribution < -0.4 is 0 Å². The Morgan fingerprint density at radius 1 is 0.714 bits per heavy atom. The zero-order valence-corrected chi connectivity index (χ0v) is 8.83. The van der Waals surface area contributed by atoms with E-state index in [1.807, 2.05) is 4.74 Å². The lowest BCUT2D eigenvalue weighted by atomic mass is 10.3. The number of rotatable bonds is 4. The lowest BCUT2D eigenvalue weighted by Crippen LogP contribution is -2.60. The molecule has 0 amide bonds. The van der Waals surface area contributed by atoms with E-state index in [2.05, 4.69) is 0 Å². The van der Waals surface area contributed by atoms with Crippen LogP contribution in [0.1, 0.15) is 0 Å². The highest BCUT2D eigenvalue weighted by atomic mass is 19.4. The molecule has 0 aromatic heterocycles. The van der Waals surface area contributed by atoms with E-state index in [-0.39, 0.29) is 0 Å². The third-order valence-electron chi connectivity index (χ3n) is 1.50. The molecule has 126 valence electrons. The van der Waals surface area contributed by atoms with Gasteiger partial charge in [-0.15, -0.1) is 13.2 Å². The maximum atomic E-state index is 12.9. The predicted molar refractivity (Wildman–Crippen MR) is 35.6 cm³/mol. The van der Waals surface area contributed by atoms with Crippen molar-refractivity contribution in [2.24, 2.45) is 0 Å². The Labute approximate surface area is 106 Å². The zero-order chi connectivity index (χ0) is 17.5. The van der Waals surface area contributed by atoms with Crippen LogP contribution in [0.3, 0.4) is 0 Å². The molecular weight excluding hydrogens is 345 g/mol. The number of aliphatic carboxylic acids is 1. The molecule has 15 heteroatoms. The molecule has 0 aromatic carbocycles. The molecule has 0 aliphatic carbocycles. The molecule has 0 saturated carbocycles. The van der Waals surface area contributed by atoms with Crippen molar-refractivity contribution in [1.29, 1.82) is 0 Å². The van der Waals surface area contributed by atoms with Gasteiger partial charge >= 0.3 is 36.6 Å². The van der Waals surface area contributed by atoms with Gasteiger partial charge in [-0.1, -0.05) is 0 Å². The first-order valence-electron chi connectivity index (χ1n) is 4.07. The summed E-state index contributed by atoms with van der Waals surface area (Å²) in [5.74, 6) is -10.3. The molecule has 4 nitrogen and oxygen atoms in total. The summed E-state index contributed by atoms with van der Waals surface area (Å²) in [7, 11) is 0. The van der Waals surface area contributed by atoms with Gasteiger partial charge in [0.15, 0.2) is 0 Å². The van der Waals surface area contributed by atoms with Gasteiger partial charge in [-0.2, -0.15) is 35.1 Å². The van der Waals surface area contributed by atoms with Crippen LogP contribution in [0.15, 0.2) is 0 Å². The zero-order valence-electron chi connectivity index (χ0n) is 8.83. The number of hydrogen-bond donors (Lipinski definition) is 1. The van der Waals surface area contributed by atoms with E-state index in [9.17, 15) is 53.1 Å². The van der Waals surface area contributed by atoms with E-state index in [0.29, 0.717) is 0 Å². The first kappa shape index (κ1) is 19.6. The summed E-state index contributed by atoms with van der Waals surface area (Å²) in [6, 6.07) is -6.76. The van der Waals surface area contributed by atoms with Crippen molar-refractivity contribution in [2.75, 3.05) is 0 Å². The Morgan fingerprint density at radius 2 is 1.10 bits per heavy atom. The second kappa shape index (κ2) is 5.11. The Hall–Kier alpha value is -1.38. The first-order chi connectivity index (χ1) is 8.86. The minimum absolute atomic E-state index is 1.61. The molecule has 0 bridgehead atoms. The number of halogens is 11. The fourth-order valence-electron chi connectivity index (χ4n) is 0.689. The lowest BCUT2D eigenvalue weighted by Gasteiger charge is -2.33. The monoisotopic (exact) mass is 346 g/mol. The fraction of sp³-hybridized carbons (Fsp3) is 0.833. The van der Waals surface area contributed by atoms with E-state index in [1.165, 1.54) is 0 Å². The Morgan fingerprint density at radius 3 is 1.29 bits per heavy atom. The maximum absolute atomic E-state index is 12.9. The normalized spacial score (nSPS) is 19.8. The molecule has 2 unspecified atom stereocenters. The van der Waals surface area contributed by atoms with Crippen LogP contribution in [0.4, 0.5) is 48.3 Å². The highest BCUT2D eigenvalue weighted by Crippen LogP contribution is 2.47. The topological polar surface area (TPSA) is 55.8 Å².